The van der Waals surface area contributed by atoms with Crippen molar-refractivity contribution in [1.82, 2.24) is 0 Å². The van der Waals surface area contributed by atoms with Crippen LogP contribution in [0.25, 0.3) is 0 Å². The first-order valence-electron chi connectivity index (χ1n) is 0.383. The SMILES string of the molecule is O.O=NO.[KH]. The summed E-state index contributed by atoms with van der Waals surface area (Å²) in [5.74, 6) is 0. The molecule has 0 atom stereocenters. The maximum absolute atomic E-state index is 8.11. The van der Waals surface area contributed by atoms with Crippen molar-refractivity contribution in [3.63, 3.8) is 0 Å². The van der Waals surface area contributed by atoms with Crippen LogP contribution >= 0.6 is 0 Å². The van der Waals surface area contributed by atoms with Gasteiger partial charge in [0.2, 0.25) is 0 Å². The van der Waals surface area contributed by atoms with E-state index in [0.717, 1.165) is 0 Å². The fraction of sp³-hybridized carbons (Fsp3) is 0. The van der Waals surface area contributed by atoms with Crippen LogP contribution in [0.5, 0.6) is 0 Å². The summed E-state index contributed by atoms with van der Waals surface area (Å²) >= 11 is 0. The van der Waals surface area contributed by atoms with Crippen LogP contribution in [0.4, 0.5) is 0 Å². The van der Waals surface area contributed by atoms with Gasteiger partial charge in [-0.3, -0.25) is 0 Å². The fourth-order valence-corrected chi connectivity index (χ4v) is 0. The molecule has 3 N–H and O–H groups in total. The number of hydrogen-bond acceptors (Lipinski definition) is 2. The summed E-state index contributed by atoms with van der Waals surface area (Å²) in [6.07, 6.45) is 0. The predicted octanol–water partition coefficient (Wildman–Crippen LogP) is -1.33. The second-order valence-electron chi connectivity index (χ2n) is 0.0816. The minimum atomic E-state index is 0. The van der Waals surface area contributed by atoms with Gasteiger partial charge in [0.1, 0.15) is 0 Å². The van der Waals surface area contributed by atoms with Crippen LogP contribution in [0.2, 0.25) is 0 Å². The Hall–Kier alpha value is 0.996. The summed E-state index contributed by atoms with van der Waals surface area (Å²) < 4.78 is 0. The van der Waals surface area contributed by atoms with Gasteiger partial charge in [-0.05, 0) is 0 Å². The quantitative estimate of drug-likeness (QED) is 0.235. The molecule has 0 radical (unpaired) electrons. The molecular formula is H4KNO3. The van der Waals surface area contributed by atoms with E-state index in [2.05, 4.69) is 0 Å². The molecule has 0 saturated heterocycles. The maximum atomic E-state index is 8.11. The summed E-state index contributed by atoms with van der Waals surface area (Å²) in [5.41, 5.74) is 0. The van der Waals surface area contributed by atoms with Gasteiger partial charge in [0, 0.05) is 0 Å². The van der Waals surface area contributed by atoms with Crippen LogP contribution in [0.1, 0.15) is 0 Å². The second kappa shape index (κ2) is 20.0. The summed E-state index contributed by atoms with van der Waals surface area (Å²) in [6.45, 7) is 0. The number of nitrogens with zero attached hydrogens (tertiary/aromatic N) is 1. The third-order valence-electron chi connectivity index (χ3n) is 0. The normalized spacial score (nSPS) is 2.40. The number of rotatable bonds is 0. The Bertz CT molecular complexity index is 14.4. The molecule has 5 heteroatoms. The summed E-state index contributed by atoms with van der Waals surface area (Å²) in [6, 6.07) is 0. The van der Waals surface area contributed by atoms with Gasteiger partial charge in [0.05, 0.1) is 0 Å². The zero-order valence-electron chi connectivity index (χ0n) is 1.80. The van der Waals surface area contributed by atoms with Crippen molar-refractivity contribution >= 4 is 51.4 Å². The molecule has 0 bridgehead atoms. The molecule has 0 fully saturated rings. The Balaban J connectivity index is -0.0000000200. The molecule has 0 aliphatic carbocycles. The summed E-state index contributed by atoms with van der Waals surface area (Å²) in [7, 11) is 0. The molecule has 0 rings (SSSR count). The van der Waals surface area contributed by atoms with Crippen LogP contribution in [-0.4, -0.2) is 62.1 Å². The molecular weight excluding hydrogens is 101 g/mol. The molecule has 0 aromatic heterocycles. The zero-order valence-corrected chi connectivity index (χ0v) is 1.80. The Morgan fingerprint density at radius 3 is 1.60 bits per heavy atom. The fourth-order valence-electron chi connectivity index (χ4n) is 0. The Morgan fingerprint density at radius 2 is 1.60 bits per heavy atom. The monoisotopic (exact) mass is 105 g/mol. The Labute approximate surface area is 71.2 Å². The van der Waals surface area contributed by atoms with E-state index in [1.807, 2.05) is 0 Å². The van der Waals surface area contributed by atoms with Gasteiger partial charge in [-0.1, -0.05) is 0 Å². The molecule has 0 heterocycles. The molecule has 0 aliphatic rings. The van der Waals surface area contributed by atoms with Crippen molar-refractivity contribution in [3.05, 3.63) is 4.91 Å². The van der Waals surface area contributed by atoms with Gasteiger partial charge >= 0.3 is 51.4 Å². The van der Waals surface area contributed by atoms with E-state index in [4.69, 9.17) is 10.1 Å². The van der Waals surface area contributed by atoms with Crippen molar-refractivity contribution in [3.8, 4) is 0 Å². The zero-order chi connectivity index (χ0) is 2.71. The summed E-state index contributed by atoms with van der Waals surface area (Å²) in [5, 5.41) is 7.89. The van der Waals surface area contributed by atoms with Crippen molar-refractivity contribution in [2.75, 3.05) is 0 Å². The molecule has 0 spiro atoms. The molecule has 4 nitrogen and oxygen atoms in total. The number of hydrogen-bond donors (Lipinski definition) is 1. The molecule has 0 aromatic carbocycles. The van der Waals surface area contributed by atoms with E-state index in [1.165, 1.54) is 5.34 Å². The second-order valence-corrected chi connectivity index (χ2v) is 0.0816. The Morgan fingerprint density at radius 1 is 1.60 bits per heavy atom. The van der Waals surface area contributed by atoms with Crippen LogP contribution < -0.4 is 0 Å². The van der Waals surface area contributed by atoms with Crippen molar-refractivity contribution < 1.29 is 10.7 Å². The first-order chi connectivity index (χ1) is 1.41. The first kappa shape index (κ1) is 16.7. The topological polar surface area (TPSA) is 81.2 Å². The van der Waals surface area contributed by atoms with Crippen molar-refractivity contribution in [1.29, 1.82) is 0 Å². The molecule has 0 aromatic rings. The van der Waals surface area contributed by atoms with E-state index in [9.17, 15) is 0 Å². The van der Waals surface area contributed by atoms with Crippen LogP contribution in [0, 0.1) is 4.91 Å². The van der Waals surface area contributed by atoms with Crippen molar-refractivity contribution in [2.45, 2.75) is 0 Å². The van der Waals surface area contributed by atoms with Gasteiger partial charge in [0.15, 0.2) is 5.34 Å². The van der Waals surface area contributed by atoms with Crippen molar-refractivity contribution in [2.24, 2.45) is 5.34 Å². The molecule has 5 heavy (non-hydrogen) atoms. The van der Waals surface area contributed by atoms with Crippen LogP contribution in [0.3, 0.4) is 0 Å². The molecule has 0 amide bonds. The van der Waals surface area contributed by atoms with E-state index < -0.39 is 0 Å². The molecule has 0 aliphatic heterocycles. The molecule has 0 saturated carbocycles. The van der Waals surface area contributed by atoms with Gasteiger partial charge < -0.3 is 10.7 Å². The van der Waals surface area contributed by atoms with Crippen LogP contribution in [-0.2, 0) is 0 Å². The average Bonchev–Trinajstić information content (AvgIpc) is 0.918. The summed E-state index contributed by atoms with van der Waals surface area (Å²) in [4.78, 5) is 8.11. The van der Waals surface area contributed by atoms with E-state index >= 15 is 0 Å². The Kier molecular flexibility index (Phi) is 66.8. The standard InChI is InChI=1S/K.HNO2.H2O.H/c;2-1-3;;/h;(H,2,3);1H2;. The third kappa shape index (κ3) is 45.2. The van der Waals surface area contributed by atoms with E-state index in [0.29, 0.717) is 0 Å². The van der Waals surface area contributed by atoms with E-state index in [1.54, 1.807) is 0 Å². The van der Waals surface area contributed by atoms with E-state index in [-0.39, 0.29) is 56.9 Å². The van der Waals surface area contributed by atoms with Crippen LogP contribution in [0.15, 0.2) is 5.34 Å². The average molecular weight is 105 g/mol. The third-order valence-corrected chi connectivity index (χ3v) is 0. The van der Waals surface area contributed by atoms with Gasteiger partial charge in [-0.25, -0.2) is 0 Å². The van der Waals surface area contributed by atoms with Gasteiger partial charge in [0.25, 0.3) is 0 Å². The van der Waals surface area contributed by atoms with Gasteiger partial charge in [-0.15, -0.1) is 4.91 Å². The molecule has 0 unspecified atom stereocenters. The van der Waals surface area contributed by atoms with Gasteiger partial charge in [-0.2, -0.15) is 0 Å². The molecule has 28 valence electrons. The predicted molar refractivity (Wildman–Crippen MR) is 18.3 cm³/mol. The minimum absolute atomic E-state index is 0. The first-order valence-corrected chi connectivity index (χ1v) is 0.383.